The number of nitrogens with zero attached hydrogens (tertiary/aromatic N) is 1. The van der Waals surface area contributed by atoms with Gasteiger partial charge in [-0.2, -0.15) is 26.0 Å². The van der Waals surface area contributed by atoms with Crippen molar-refractivity contribution in [3.05, 3.63) is 0 Å². The molecule has 0 atom stereocenters. The molecule has 0 amide bonds. The van der Waals surface area contributed by atoms with Gasteiger partial charge in [-0.25, -0.2) is 9.18 Å². The van der Waals surface area contributed by atoms with Crippen molar-refractivity contribution >= 4 is 16.1 Å². The van der Waals surface area contributed by atoms with Crippen molar-refractivity contribution < 1.29 is 48.9 Å². The number of hydrogen-bond donors (Lipinski definition) is 1. The number of aliphatic carboxylic acids is 1. The van der Waals surface area contributed by atoms with Gasteiger partial charge in [0, 0.05) is 0 Å². The highest BCUT2D eigenvalue weighted by molar-refractivity contribution is 7.87. The molecule has 0 heterocycles. The smallest absolute Gasteiger partial charge is 0.434 e. The van der Waals surface area contributed by atoms with Crippen LogP contribution in [0.5, 0.6) is 0 Å². The molecule has 6 nitrogen and oxygen atoms in total. The standard InChI is InChI=1S/C9H14F5NO5S/c1-15(2,5-7(16)17)3-4-20-21(18,19)9(13,14)8(11,12)6-10/h3-6H2,1-2H3/p+1. The number of likely N-dealkylation sites (N-methyl/N-ethyl adjacent to an activating group) is 1. The lowest BCUT2D eigenvalue weighted by Gasteiger charge is -2.28. The van der Waals surface area contributed by atoms with Crippen LogP contribution in [-0.2, 0) is 19.1 Å². The molecule has 0 saturated carbocycles. The van der Waals surface area contributed by atoms with Gasteiger partial charge in [-0.15, -0.1) is 0 Å². The monoisotopic (exact) mass is 344 g/mol. The lowest BCUT2D eigenvalue weighted by Crippen LogP contribution is -2.50. The van der Waals surface area contributed by atoms with E-state index in [2.05, 4.69) is 4.18 Å². The second kappa shape index (κ2) is 6.40. The van der Waals surface area contributed by atoms with Gasteiger partial charge >= 0.3 is 27.3 Å². The largest absolute Gasteiger partial charge is 0.477 e. The zero-order valence-corrected chi connectivity index (χ0v) is 12.0. The summed E-state index contributed by atoms with van der Waals surface area (Å²) in [5.74, 6) is -6.66. The molecule has 0 aromatic carbocycles. The van der Waals surface area contributed by atoms with E-state index in [1.54, 1.807) is 0 Å². The molecule has 0 radical (unpaired) electrons. The van der Waals surface area contributed by atoms with E-state index < -0.39 is 47.1 Å². The average molecular weight is 344 g/mol. The van der Waals surface area contributed by atoms with Crippen molar-refractivity contribution in [3.8, 4) is 0 Å². The molecule has 0 unspecified atom stereocenters. The zero-order chi connectivity index (χ0) is 17.1. The summed E-state index contributed by atoms with van der Waals surface area (Å²) in [7, 11) is -3.40. The van der Waals surface area contributed by atoms with E-state index in [9.17, 15) is 35.2 Å². The number of rotatable bonds is 9. The van der Waals surface area contributed by atoms with Crippen LogP contribution in [0.15, 0.2) is 0 Å². The third-order valence-electron chi connectivity index (χ3n) is 2.41. The van der Waals surface area contributed by atoms with Crippen molar-refractivity contribution in [2.75, 3.05) is 40.5 Å². The van der Waals surface area contributed by atoms with Crippen molar-refractivity contribution in [2.45, 2.75) is 11.2 Å². The van der Waals surface area contributed by atoms with Crippen LogP contribution < -0.4 is 0 Å². The Morgan fingerprint density at radius 2 is 1.71 bits per heavy atom. The molecule has 0 aromatic heterocycles. The second-order valence-corrected chi connectivity index (χ2v) is 6.50. The first-order chi connectivity index (χ1) is 9.18. The quantitative estimate of drug-likeness (QED) is 0.378. The minimum Gasteiger partial charge on any atom is -0.477 e. The first kappa shape index (κ1) is 20.0. The highest BCUT2D eigenvalue weighted by Crippen LogP contribution is 2.39. The third-order valence-corrected chi connectivity index (χ3v) is 3.81. The molecular weight excluding hydrogens is 329 g/mol. The molecule has 0 spiro atoms. The van der Waals surface area contributed by atoms with Gasteiger partial charge in [0.05, 0.1) is 14.1 Å². The summed E-state index contributed by atoms with van der Waals surface area (Å²) < 4.78 is 88.5. The van der Waals surface area contributed by atoms with Crippen LogP contribution in [0, 0.1) is 0 Å². The summed E-state index contributed by atoms with van der Waals surface area (Å²) in [6, 6.07) is 0. The van der Waals surface area contributed by atoms with Gasteiger partial charge in [-0.3, -0.25) is 4.18 Å². The predicted octanol–water partition coefficient (Wildman–Crippen LogP) is 0.691. The molecule has 21 heavy (non-hydrogen) atoms. The fourth-order valence-corrected chi connectivity index (χ4v) is 2.04. The lowest BCUT2D eigenvalue weighted by atomic mass is 10.4. The van der Waals surface area contributed by atoms with E-state index >= 15 is 0 Å². The highest BCUT2D eigenvalue weighted by Gasteiger charge is 2.67. The molecule has 12 heteroatoms. The number of halogens is 5. The van der Waals surface area contributed by atoms with E-state index in [1.165, 1.54) is 14.1 Å². The zero-order valence-electron chi connectivity index (χ0n) is 11.2. The Hall–Kier alpha value is -1.01. The van der Waals surface area contributed by atoms with Crippen LogP contribution in [0.3, 0.4) is 0 Å². The minimum atomic E-state index is -6.06. The Bertz CT molecular complexity index is 479. The van der Waals surface area contributed by atoms with Crippen LogP contribution in [-0.4, -0.2) is 75.6 Å². The van der Waals surface area contributed by atoms with E-state index in [1.807, 2.05) is 0 Å². The van der Waals surface area contributed by atoms with Gasteiger partial charge < -0.3 is 9.59 Å². The van der Waals surface area contributed by atoms with E-state index in [-0.39, 0.29) is 11.0 Å². The van der Waals surface area contributed by atoms with Gasteiger partial charge in [-0.05, 0) is 0 Å². The van der Waals surface area contributed by atoms with E-state index in [4.69, 9.17) is 5.11 Å². The molecule has 0 fully saturated rings. The molecule has 0 saturated heterocycles. The Morgan fingerprint density at radius 1 is 1.24 bits per heavy atom. The third kappa shape index (κ3) is 5.04. The Morgan fingerprint density at radius 3 is 2.10 bits per heavy atom. The van der Waals surface area contributed by atoms with E-state index in [0.717, 1.165) is 0 Å². The molecular formula is C9H15F5NO5S+. The van der Waals surface area contributed by atoms with Crippen LogP contribution in [0.4, 0.5) is 22.0 Å². The maximum atomic E-state index is 13.0. The summed E-state index contributed by atoms with van der Waals surface area (Å²) >= 11 is 0. The van der Waals surface area contributed by atoms with Gasteiger partial charge in [0.2, 0.25) is 0 Å². The number of hydrogen-bond acceptors (Lipinski definition) is 4. The van der Waals surface area contributed by atoms with Crippen LogP contribution in [0.25, 0.3) is 0 Å². The predicted molar refractivity (Wildman–Crippen MR) is 60.2 cm³/mol. The number of quaternary nitrogens is 1. The SMILES string of the molecule is C[N+](C)(CCOS(=O)(=O)C(F)(F)C(F)(F)CF)CC(=O)O. The van der Waals surface area contributed by atoms with Gasteiger partial charge in [-0.1, -0.05) is 0 Å². The first-order valence-corrected chi connectivity index (χ1v) is 6.84. The summed E-state index contributed by atoms with van der Waals surface area (Å²) in [4.78, 5) is 10.5. The molecule has 0 aromatic rings. The van der Waals surface area contributed by atoms with Gasteiger partial charge in [0.15, 0.2) is 13.2 Å². The summed E-state index contributed by atoms with van der Waals surface area (Å²) in [5, 5.41) is 2.82. The fourth-order valence-electron chi connectivity index (χ4n) is 1.17. The van der Waals surface area contributed by atoms with Gasteiger partial charge in [0.25, 0.3) is 0 Å². The molecule has 0 bridgehead atoms. The van der Waals surface area contributed by atoms with Crippen molar-refractivity contribution in [3.63, 3.8) is 0 Å². The van der Waals surface area contributed by atoms with Crippen LogP contribution in [0.1, 0.15) is 0 Å². The Labute approximate surface area is 117 Å². The number of carbonyl (C=O) groups is 1. The van der Waals surface area contributed by atoms with Crippen LogP contribution >= 0.6 is 0 Å². The molecule has 0 rings (SSSR count). The van der Waals surface area contributed by atoms with Crippen molar-refractivity contribution in [2.24, 2.45) is 0 Å². The fraction of sp³-hybridized carbons (Fsp3) is 0.889. The lowest BCUT2D eigenvalue weighted by molar-refractivity contribution is -0.883. The Kier molecular flexibility index (Phi) is 6.09. The van der Waals surface area contributed by atoms with Crippen molar-refractivity contribution in [1.82, 2.24) is 0 Å². The topological polar surface area (TPSA) is 80.7 Å². The normalized spacial score (nSPS) is 14.2. The number of carboxylic acid groups (broad SMARTS) is 1. The minimum absolute atomic E-state index is 0.337. The summed E-state index contributed by atoms with van der Waals surface area (Å²) in [5.41, 5.74) is 0. The Balaban J connectivity index is 4.83. The maximum Gasteiger partial charge on any atom is 0.434 e. The number of alkyl halides is 5. The highest BCUT2D eigenvalue weighted by atomic mass is 32.2. The first-order valence-electron chi connectivity index (χ1n) is 5.43. The average Bonchev–Trinajstić information content (AvgIpc) is 2.25. The molecule has 126 valence electrons. The summed E-state index contributed by atoms with van der Waals surface area (Å²) in [6.07, 6.45) is 0. The van der Waals surface area contributed by atoms with Crippen molar-refractivity contribution in [1.29, 1.82) is 0 Å². The number of carboxylic acids is 1. The second-order valence-electron chi connectivity index (χ2n) is 4.84. The molecule has 0 aliphatic carbocycles. The maximum absolute atomic E-state index is 13.0. The molecule has 1 N–H and O–H groups in total. The molecule has 0 aliphatic rings. The summed E-state index contributed by atoms with van der Waals surface area (Å²) in [6.45, 7) is -4.66. The van der Waals surface area contributed by atoms with E-state index in [0.29, 0.717) is 0 Å². The van der Waals surface area contributed by atoms with Gasteiger partial charge in [0.1, 0.15) is 13.2 Å². The van der Waals surface area contributed by atoms with Crippen LogP contribution in [0.2, 0.25) is 0 Å². The molecule has 0 aliphatic heterocycles.